The zero-order valence-corrected chi connectivity index (χ0v) is 12.6. The maximum atomic E-state index is 12.3. The summed E-state index contributed by atoms with van der Waals surface area (Å²) in [6, 6.07) is 3.72. The van der Waals surface area contributed by atoms with Gasteiger partial charge in [-0.25, -0.2) is 0 Å². The Labute approximate surface area is 111 Å². The number of aryl methyl sites for hydroxylation is 1. The molecule has 0 bridgehead atoms. The first-order valence-corrected chi connectivity index (χ1v) is 6.67. The van der Waals surface area contributed by atoms with Crippen LogP contribution in [-0.2, 0) is 0 Å². The maximum absolute atomic E-state index is 12.3. The van der Waals surface area contributed by atoms with Crippen molar-refractivity contribution < 1.29 is 14.3 Å². The van der Waals surface area contributed by atoms with Gasteiger partial charge in [0.2, 0.25) is 0 Å². The van der Waals surface area contributed by atoms with Crippen LogP contribution >= 0.6 is 9.24 Å². The first-order valence-electron chi connectivity index (χ1n) is 6.01. The number of ether oxygens (including phenoxy) is 2. The molecule has 0 aromatic heterocycles. The Bertz CT molecular complexity index is 402. The van der Waals surface area contributed by atoms with Gasteiger partial charge >= 0.3 is 0 Å². The molecule has 0 spiro atoms. The molecule has 1 rings (SSSR count). The monoisotopic (exact) mass is 268 g/mol. The van der Waals surface area contributed by atoms with Gasteiger partial charge in [0, 0.05) is 6.42 Å². The summed E-state index contributed by atoms with van der Waals surface area (Å²) >= 11 is 0. The first-order chi connectivity index (χ1) is 8.49. The van der Waals surface area contributed by atoms with Gasteiger partial charge in [-0.3, -0.25) is 4.79 Å². The van der Waals surface area contributed by atoms with Crippen LogP contribution in [0.4, 0.5) is 0 Å². The van der Waals surface area contributed by atoms with E-state index in [1.165, 1.54) is 0 Å². The molecule has 3 nitrogen and oxygen atoms in total. The third-order valence-electron chi connectivity index (χ3n) is 2.76. The van der Waals surface area contributed by atoms with Gasteiger partial charge in [0.25, 0.3) is 0 Å². The van der Waals surface area contributed by atoms with Crippen molar-refractivity contribution in [3.05, 3.63) is 23.3 Å². The Morgan fingerprint density at radius 2 is 1.78 bits per heavy atom. The maximum Gasteiger partial charge on any atom is 0.170 e. The summed E-state index contributed by atoms with van der Waals surface area (Å²) in [5.41, 5.74) is 1.99. The van der Waals surface area contributed by atoms with Crippen LogP contribution in [0.5, 0.6) is 11.5 Å². The van der Waals surface area contributed by atoms with E-state index in [0.29, 0.717) is 29.1 Å². The molecule has 4 heteroatoms. The summed E-state index contributed by atoms with van der Waals surface area (Å²) in [6.45, 7) is 4.02. The molecule has 100 valence electrons. The SMILES string of the molecule is COc1cc(C)cc(OC)c1C(=O)CCC(C)P. The standard InChI is InChI=1S/C14H21O3P/c1-9-7-12(16-3)14(13(8-9)17-4)11(15)6-5-10(2)18/h7-8,10H,5-6,18H2,1-4H3. The minimum Gasteiger partial charge on any atom is -0.496 e. The Kier molecular flexibility index (Phi) is 5.61. The zero-order chi connectivity index (χ0) is 13.7. The average Bonchev–Trinajstić information content (AvgIpc) is 2.34. The molecule has 0 N–H and O–H groups in total. The molecule has 2 unspecified atom stereocenters. The summed E-state index contributed by atoms with van der Waals surface area (Å²) in [4.78, 5) is 12.3. The van der Waals surface area contributed by atoms with Crippen LogP contribution in [0.3, 0.4) is 0 Å². The lowest BCUT2D eigenvalue weighted by Gasteiger charge is -2.14. The quantitative estimate of drug-likeness (QED) is 0.587. The summed E-state index contributed by atoms with van der Waals surface area (Å²) in [6.07, 6.45) is 1.34. The Morgan fingerprint density at radius 1 is 1.28 bits per heavy atom. The van der Waals surface area contributed by atoms with Gasteiger partial charge in [-0.2, -0.15) is 0 Å². The third-order valence-corrected chi connectivity index (χ3v) is 3.09. The second-order valence-electron chi connectivity index (χ2n) is 4.48. The number of carbonyl (C=O) groups excluding carboxylic acids is 1. The average molecular weight is 268 g/mol. The minimum atomic E-state index is 0.0676. The molecular formula is C14H21O3P. The normalized spacial score (nSPS) is 12.1. The Morgan fingerprint density at radius 3 is 2.17 bits per heavy atom. The van der Waals surface area contributed by atoms with Crippen LogP contribution in [0.1, 0.15) is 35.7 Å². The van der Waals surface area contributed by atoms with Crippen LogP contribution in [0.25, 0.3) is 0 Å². The topological polar surface area (TPSA) is 35.5 Å². The van der Waals surface area contributed by atoms with Gasteiger partial charge < -0.3 is 9.47 Å². The molecular weight excluding hydrogens is 247 g/mol. The van der Waals surface area contributed by atoms with Gasteiger partial charge in [-0.1, -0.05) is 6.92 Å². The van der Waals surface area contributed by atoms with E-state index >= 15 is 0 Å². The highest BCUT2D eigenvalue weighted by Crippen LogP contribution is 2.32. The second kappa shape index (κ2) is 6.75. The van der Waals surface area contributed by atoms with Crippen molar-refractivity contribution in [2.24, 2.45) is 0 Å². The van der Waals surface area contributed by atoms with Crippen LogP contribution in [0.2, 0.25) is 0 Å². The van der Waals surface area contributed by atoms with E-state index in [4.69, 9.17) is 9.47 Å². The number of Topliss-reactive ketones (excluding diaryl/α,β-unsaturated/α-hetero) is 1. The van der Waals surface area contributed by atoms with Crippen molar-refractivity contribution in [3.8, 4) is 11.5 Å². The lowest BCUT2D eigenvalue weighted by atomic mass is 10.0. The number of ketones is 1. The molecule has 0 saturated carbocycles. The van der Waals surface area contributed by atoms with Crippen LogP contribution < -0.4 is 9.47 Å². The number of methoxy groups -OCH3 is 2. The Balaban J connectivity index is 3.08. The number of rotatable bonds is 6. The number of carbonyl (C=O) groups is 1. The highest BCUT2D eigenvalue weighted by atomic mass is 31.0. The van der Waals surface area contributed by atoms with E-state index in [-0.39, 0.29) is 5.78 Å². The third kappa shape index (κ3) is 3.71. The second-order valence-corrected chi connectivity index (χ2v) is 5.62. The highest BCUT2D eigenvalue weighted by Gasteiger charge is 2.19. The van der Waals surface area contributed by atoms with Gasteiger partial charge in [-0.15, -0.1) is 9.24 Å². The van der Waals surface area contributed by atoms with Crippen molar-refractivity contribution in [1.29, 1.82) is 0 Å². The predicted molar refractivity (Wildman–Crippen MR) is 77.0 cm³/mol. The molecule has 1 aromatic rings. The molecule has 0 aliphatic rings. The molecule has 0 aliphatic carbocycles. The van der Waals surface area contributed by atoms with E-state index in [1.807, 2.05) is 19.1 Å². The number of benzene rings is 1. The van der Waals surface area contributed by atoms with E-state index in [0.717, 1.165) is 12.0 Å². The lowest BCUT2D eigenvalue weighted by Crippen LogP contribution is -2.07. The summed E-state index contributed by atoms with van der Waals surface area (Å²) in [7, 11) is 5.85. The number of hydrogen-bond acceptors (Lipinski definition) is 3. The summed E-state index contributed by atoms with van der Waals surface area (Å²) in [5.74, 6) is 1.25. The molecule has 0 amide bonds. The van der Waals surface area contributed by atoms with E-state index in [2.05, 4.69) is 16.2 Å². The van der Waals surface area contributed by atoms with Gasteiger partial charge in [0.15, 0.2) is 5.78 Å². The molecule has 2 atom stereocenters. The Hall–Kier alpha value is -1.08. The minimum absolute atomic E-state index is 0.0676. The van der Waals surface area contributed by atoms with Crippen molar-refractivity contribution in [2.75, 3.05) is 14.2 Å². The molecule has 0 aliphatic heterocycles. The van der Waals surface area contributed by atoms with E-state index in [9.17, 15) is 4.79 Å². The highest BCUT2D eigenvalue weighted by molar-refractivity contribution is 7.17. The molecule has 0 heterocycles. The van der Waals surface area contributed by atoms with Crippen LogP contribution in [0.15, 0.2) is 12.1 Å². The van der Waals surface area contributed by atoms with Crippen LogP contribution in [-0.4, -0.2) is 25.7 Å². The van der Waals surface area contributed by atoms with Gasteiger partial charge in [-0.05, 0) is 36.7 Å². The molecule has 18 heavy (non-hydrogen) atoms. The van der Waals surface area contributed by atoms with Crippen molar-refractivity contribution in [2.45, 2.75) is 32.3 Å². The molecule has 0 saturated heterocycles. The van der Waals surface area contributed by atoms with E-state index in [1.54, 1.807) is 14.2 Å². The van der Waals surface area contributed by atoms with Gasteiger partial charge in [0.05, 0.1) is 14.2 Å². The fourth-order valence-electron chi connectivity index (χ4n) is 1.80. The summed E-state index contributed by atoms with van der Waals surface area (Å²) < 4.78 is 10.6. The van der Waals surface area contributed by atoms with Crippen LogP contribution in [0, 0.1) is 6.92 Å². The van der Waals surface area contributed by atoms with Crippen molar-refractivity contribution >= 4 is 15.0 Å². The van der Waals surface area contributed by atoms with Gasteiger partial charge in [0.1, 0.15) is 17.1 Å². The predicted octanol–water partition coefficient (Wildman–Crippen LogP) is 3.24. The summed E-state index contributed by atoms with van der Waals surface area (Å²) in [5, 5.41) is 0. The molecule has 0 fully saturated rings. The van der Waals surface area contributed by atoms with E-state index < -0.39 is 0 Å². The lowest BCUT2D eigenvalue weighted by molar-refractivity contribution is 0.0974. The largest absolute Gasteiger partial charge is 0.496 e. The van der Waals surface area contributed by atoms with Crippen molar-refractivity contribution in [3.63, 3.8) is 0 Å². The molecule has 0 radical (unpaired) electrons. The first kappa shape index (κ1) is 15.0. The zero-order valence-electron chi connectivity index (χ0n) is 11.4. The van der Waals surface area contributed by atoms with Crippen molar-refractivity contribution in [1.82, 2.24) is 0 Å². The smallest absolute Gasteiger partial charge is 0.170 e. The fourth-order valence-corrected chi connectivity index (χ4v) is 1.97. The number of hydrogen-bond donors (Lipinski definition) is 0. The fraction of sp³-hybridized carbons (Fsp3) is 0.500. The molecule has 1 aromatic carbocycles.